The van der Waals surface area contributed by atoms with Crippen molar-refractivity contribution in [2.45, 2.75) is 19.3 Å². The van der Waals surface area contributed by atoms with Gasteiger partial charge in [0.25, 0.3) is 0 Å². The van der Waals surface area contributed by atoms with E-state index in [0.717, 1.165) is 29.5 Å². The van der Waals surface area contributed by atoms with Crippen LogP contribution in [0.1, 0.15) is 24.0 Å². The molecule has 2 aromatic carbocycles. The van der Waals surface area contributed by atoms with E-state index in [2.05, 4.69) is 58.5 Å². The number of likely N-dealkylation sites (N-methyl/N-ethyl adjacent to an activating group) is 1. The van der Waals surface area contributed by atoms with Gasteiger partial charge in [0, 0.05) is 16.9 Å². The molecule has 20 heavy (non-hydrogen) atoms. The Bertz CT molecular complexity index is 539. The molecule has 2 rings (SSSR count). The van der Waals surface area contributed by atoms with Gasteiger partial charge in [-0.1, -0.05) is 47.1 Å². The molecule has 0 amide bonds. The van der Waals surface area contributed by atoms with Crippen LogP contribution >= 0.6 is 15.9 Å². The third kappa shape index (κ3) is 4.36. The number of nitrogens with one attached hydrogen (secondary N) is 1. The fourth-order valence-electron chi connectivity index (χ4n) is 2.33. The summed E-state index contributed by atoms with van der Waals surface area (Å²) in [5.74, 6) is 0.741. The Kier molecular flexibility index (Phi) is 5.62. The normalized spacial score (nSPS) is 12.3. The third-order valence-corrected chi connectivity index (χ3v) is 3.90. The van der Waals surface area contributed by atoms with Crippen LogP contribution in [0.2, 0.25) is 0 Å². The summed E-state index contributed by atoms with van der Waals surface area (Å²) < 4.78 is 1.10. The number of halogens is 1. The molecule has 0 saturated heterocycles. The fraction of sp³-hybridized carbons (Fsp3) is 0.294. The van der Waals surface area contributed by atoms with E-state index in [-0.39, 0.29) is 0 Å². The van der Waals surface area contributed by atoms with E-state index in [1.807, 2.05) is 12.1 Å². The van der Waals surface area contributed by atoms with Crippen molar-refractivity contribution in [1.82, 2.24) is 5.32 Å². The predicted octanol–water partition coefficient (Wildman–Crippen LogP) is 4.09. The number of phenolic OH excluding ortho intramolecular Hbond substituents is 1. The van der Waals surface area contributed by atoms with Gasteiger partial charge in [-0.25, -0.2) is 0 Å². The lowest BCUT2D eigenvalue weighted by Gasteiger charge is -2.18. The Balaban J connectivity index is 2.16. The lowest BCUT2D eigenvalue weighted by molar-refractivity contribution is 0.474. The lowest BCUT2D eigenvalue weighted by Crippen LogP contribution is -2.22. The number of benzene rings is 2. The molecule has 0 fully saturated rings. The molecule has 2 N–H and O–H groups in total. The molecule has 0 bridgehead atoms. The van der Waals surface area contributed by atoms with Gasteiger partial charge in [0.05, 0.1) is 0 Å². The number of hydrogen-bond donors (Lipinski definition) is 2. The summed E-state index contributed by atoms with van der Waals surface area (Å²) in [5, 5.41) is 13.0. The van der Waals surface area contributed by atoms with Gasteiger partial charge in [-0.05, 0) is 48.4 Å². The van der Waals surface area contributed by atoms with Crippen molar-refractivity contribution in [1.29, 1.82) is 0 Å². The lowest BCUT2D eigenvalue weighted by atomic mass is 9.92. The first-order valence-corrected chi connectivity index (χ1v) is 7.72. The van der Waals surface area contributed by atoms with Gasteiger partial charge in [0.2, 0.25) is 0 Å². The Morgan fingerprint density at radius 3 is 2.55 bits per heavy atom. The van der Waals surface area contributed by atoms with E-state index >= 15 is 0 Å². The molecular formula is C17H20BrNO. The van der Waals surface area contributed by atoms with E-state index in [1.54, 1.807) is 6.07 Å². The van der Waals surface area contributed by atoms with Crippen molar-refractivity contribution in [3.8, 4) is 5.75 Å². The number of phenols is 1. The van der Waals surface area contributed by atoms with Crippen molar-refractivity contribution in [2.24, 2.45) is 0 Å². The summed E-state index contributed by atoms with van der Waals surface area (Å²) in [4.78, 5) is 0. The highest BCUT2D eigenvalue weighted by atomic mass is 79.9. The van der Waals surface area contributed by atoms with Gasteiger partial charge in [0.1, 0.15) is 5.75 Å². The topological polar surface area (TPSA) is 32.3 Å². The van der Waals surface area contributed by atoms with Gasteiger partial charge >= 0.3 is 0 Å². The molecule has 2 aromatic rings. The zero-order valence-electron chi connectivity index (χ0n) is 11.6. The smallest absolute Gasteiger partial charge is 0.115 e. The molecule has 0 aliphatic rings. The van der Waals surface area contributed by atoms with Crippen LogP contribution < -0.4 is 5.32 Å². The average Bonchev–Trinajstić information content (AvgIpc) is 2.44. The summed E-state index contributed by atoms with van der Waals surface area (Å²) in [6.45, 7) is 4.02. The zero-order valence-corrected chi connectivity index (χ0v) is 13.2. The summed E-state index contributed by atoms with van der Waals surface area (Å²) in [6.07, 6.45) is 0.920. The molecule has 0 heterocycles. The summed E-state index contributed by atoms with van der Waals surface area (Å²) >= 11 is 3.47. The highest BCUT2D eigenvalue weighted by Gasteiger charge is 2.12. The molecule has 0 saturated carbocycles. The second-order valence-corrected chi connectivity index (χ2v) is 5.85. The van der Waals surface area contributed by atoms with Gasteiger partial charge < -0.3 is 10.4 Å². The first-order valence-electron chi connectivity index (χ1n) is 6.93. The van der Waals surface area contributed by atoms with E-state index in [0.29, 0.717) is 11.7 Å². The Hall–Kier alpha value is -1.32. The molecule has 1 unspecified atom stereocenters. The van der Waals surface area contributed by atoms with Crippen molar-refractivity contribution in [3.05, 3.63) is 64.1 Å². The standard InChI is InChI=1S/C17H20BrNO/c1-2-19-12-15(14-6-8-16(18)9-7-14)10-13-4-3-5-17(20)11-13/h3-9,11,15,19-20H,2,10,12H2,1H3. The molecule has 0 radical (unpaired) electrons. The maximum Gasteiger partial charge on any atom is 0.115 e. The summed E-state index contributed by atoms with van der Waals surface area (Å²) in [5.41, 5.74) is 2.48. The highest BCUT2D eigenvalue weighted by Crippen LogP contribution is 2.24. The van der Waals surface area contributed by atoms with Gasteiger partial charge in [-0.2, -0.15) is 0 Å². The van der Waals surface area contributed by atoms with Crippen LogP contribution in [0.4, 0.5) is 0 Å². The van der Waals surface area contributed by atoms with Gasteiger partial charge in [0.15, 0.2) is 0 Å². The fourth-order valence-corrected chi connectivity index (χ4v) is 2.59. The number of aromatic hydroxyl groups is 1. The summed E-state index contributed by atoms with van der Waals surface area (Å²) in [6, 6.07) is 16.0. The number of rotatable bonds is 6. The molecule has 0 aliphatic heterocycles. The molecule has 2 nitrogen and oxygen atoms in total. The maximum absolute atomic E-state index is 9.59. The Labute approximate surface area is 129 Å². The van der Waals surface area contributed by atoms with Gasteiger partial charge in [-0.15, -0.1) is 0 Å². The van der Waals surface area contributed by atoms with Crippen LogP contribution in [0.25, 0.3) is 0 Å². The van der Waals surface area contributed by atoms with E-state index in [9.17, 15) is 5.11 Å². The first kappa shape index (κ1) is 15.1. The van der Waals surface area contributed by atoms with Gasteiger partial charge in [-0.3, -0.25) is 0 Å². The third-order valence-electron chi connectivity index (χ3n) is 3.37. The van der Waals surface area contributed by atoms with Crippen molar-refractivity contribution < 1.29 is 5.11 Å². The van der Waals surface area contributed by atoms with E-state index in [1.165, 1.54) is 5.56 Å². The minimum absolute atomic E-state index is 0.334. The average molecular weight is 334 g/mol. The van der Waals surface area contributed by atoms with Crippen LogP contribution in [0.3, 0.4) is 0 Å². The Morgan fingerprint density at radius 1 is 1.15 bits per heavy atom. The Morgan fingerprint density at radius 2 is 1.90 bits per heavy atom. The zero-order chi connectivity index (χ0) is 14.4. The minimum atomic E-state index is 0.334. The maximum atomic E-state index is 9.59. The monoisotopic (exact) mass is 333 g/mol. The van der Waals surface area contributed by atoms with Crippen LogP contribution in [-0.4, -0.2) is 18.2 Å². The predicted molar refractivity (Wildman–Crippen MR) is 87.2 cm³/mol. The minimum Gasteiger partial charge on any atom is -0.508 e. The molecule has 0 spiro atoms. The van der Waals surface area contributed by atoms with Crippen LogP contribution in [0.15, 0.2) is 53.0 Å². The summed E-state index contributed by atoms with van der Waals surface area (Å²) in [7, 11) is 0. The number of hydrogen-bond acceptors (Lipinski definition) is 2. The SMILES string of the molecule is CCNCC(Cc1cccc(O)c1)c1ccc(Br)cc1. The van der Waals surface area contributed by atoms with Crippen molar-refractivity contribution >= 4 is 15.9 Å². The van der Waals surface area contributed by atoms with Crippen LogP contribution in [-0.2, 0) is 6.42 Å². The van der Waals surface area contributed by atoms with Crippen molar-refractivity contribution in [3.63, 3.8) is 0 Å². The molecule has 1 atom stereocenters. The molecular weight excluding hydrogens is 314 g/mol. The molecule has 106 valence electrons. The van der Waals surface area contributed by atoms with Crippen molar-refractivity contribution in [2.75, 3.05) is 13.1 Å². The molecule has 0 aromatic heterocycles. The van der Waals surface area contributed by atoms with E-state index in [4.69, 9.17) is 0 Å². The van der Waals surface area contributed by atoms with Crippen LogP contribution in [0, 0.1) is 0 Å². The first-order chi connectivity index (χ1) is 9.69. The second kappa shape index (κ2) is 7.46. The quantitative estimate of drug-likeness (QED) is 0.834. The largest absolute Gasteiger partial charge is 0.508 e. The molecule has 0 aliphatic carbocycles. The van der Waals surface area contributed by atoms with E-state index < -0.39 is 0 Å². The highest BCUT2D eigenvalue weighted by molar-refractivity contribution is 9.10. The van der Waals surface area contributed by atoms with Crippen LogP contribution in [0.5, 0.6) is 5.75 Å². The second-order valence-electron chi connectivity index (χ2n) is 4.93. The molecule has 3 heteroatoms.